The maximum atomic E-state index is 12.4. The fraction of sp³-hybridized carbons (Fsp3) is 0.562. The Morgan fingerprint density at radius 1 is 1.37 bits per heavy atom. The fourth-order valence-corrected chi connectivity index (χ4v) is 2.56. The molecular formula is C16H23NO2. The van der Waals surface area contributed by atoms with Gasteiger partial charge in [-0.2, -0.15) is 0 Å². The van der Waals surface area contributed by atoms with E-state index in [1.807, 2.05) is 36.1 Å². The van der Waals surface area contributed by atoms with Gasteiger partial charge in [-0.1, -0.05) is 39.0 Å². The molecule has 19 heavy (non-hydrogen) atoms. The molecule has 0 radical (unpaired) electrons. The van der Waals surface area contributed by atoms with Gasteiger partial charge in [0, 0.05) is 24.2 Å². The molecule has 0 bridgehead atoms. The average Bonchev–Trinajstić information content (AvgIpc) is 2.26. The number of aliphatic hydroxyl groups is 1. The van der Waals surface area contributed by atoms with E-state index in [1.54, 1.807) is 0 Å². The summed E-state index contributed by atoms with van der Waals surface area (Å²) in [7, 11) is 0. The summed E-state index contributed by atoms with van der Waals surface area (Å²) in [4.78, 5) is 14.2. The number of nitrogens with zero attached hydrogens (tertiary/aromatic N) is 1. The Kier molecular flexibility index (Phi) is 3.43. The fourth-order valence-electron chi connectivity index (χ4n) is 2.56. The number of carbonyl (C=O) groups is 1. The van der Waals surface area contributed by atoms with Crippen molar-refractivity contribution in [2.75, 3.05) is 11.4 Å². The second-order valence-corrected chi connectivity index (χ2v) is 6.82. The molecule has 0 aliphatic carbocycles. The van der Waals surface area contributed by atoms with E-state index in [0.717, 1.165) is 11.3 Å². The van der Waals surface area contributed by atoms with Crippen LogP contribution in [0.15, 0.2) is 24.3 Å². The minimum absolute atomic E-state index is 0.0218. The van der Waals surface area contributed by atoms with E-state index in [2.05, 4.69) is 20.8 Å². The van der Waals surface area contributed by atoms with Crippen molar-refractivity contribution in [3.63, 3.8) is 0 Å². The molecule has 3 nitrogen and oxygen atoms in total. The van der Waals surface area contributed by atoms with Crippen molar-refractivity contribution < 1.29 is 9.90 Å². The van der Waals surface area contributed by atoms with Crippen LogP contribution in [0, 0.1) is 5.41 Å². The summed E-state index contributed by atoms with van der Waals surface area (Å²) in [5.41, 5.74) is 0.845. The van der Waals surface area contributed by atoms with Gasteiger partial charge >= 0.3 is 0 Å². The molecule has 1 aromatic rings. The van der Waals surface area contributed by atoms with Crippen LogP contribution in [0.25, 0.3) is 0 Å². The van der Waals surface area contributed by atoms with E-state index >= 15 is 0 Å². The molecule has 3 heteroatoms. The monoisotopic (exact) mass is 261 g/mol. The smallest absolute Gasteiger partial charge is 0.227 e. The SMILES string of the molecule is CC(C)(C)CC(=O)N1CCC(C)(O)c2ccccc21. The second kappa shape index (κ2) is 4.64. The minimum Gasteiger partial charge on any atom is -0.385 e. The predicted octanol–water partition coefficient (Wildman–Crippen LogP) is 3.07. The molecule has 1 aliphatic heterocycles. The first kappa shape index (κ1) is 14.1. The van der Waals surface area contributed by atoms with Gasteiger partial charge in [0.2, 0.25) is 5.91 Å². The highest BCUT2D eigenvalue weighted by Gasteiger charge is 2.35. The zero-order valence-corrected chi connectivity index (χ0v) is 12.2. The van der Waals surface area contributed by atoms with Gasteiger partial charge in [-0.05, 0) is 24.8 Å². The van der Waals surface area contributed by atoms with Crippen LogP contribution >= 0.6 is 0 Å². The lowest BCUT2D eigenvalue weighted by Crippen LogP contribution is -2.43. The Labute approximate surface area is 115 Å². The summed E-state index contributed by atoms with van der Waals surface area (Å²) < 4.78 is 0. The van der Waals surface area contributed by atoms with E-state index in [9.17, 15) is 9.90 Å². The maximum absolute atomic E-state index is 12.4. The first-order valence-electron chi connectivity index (χ1n) is 6.83. The van der Waals surface area contributed by atoms with Crippen molar-refractivity contribution in [3.8, 4) is 0 Å². The molecule has 1 unspecified atom stereocenters. The molecule has 1 amide bonds. The highest BCUT2D eigenvalue weighted by atomic mass is 16.3. The lowest BCUT2D eigenvalue weighted by molar-refractivity contribution is -0.120. The van der Waals surface area contributed by atoms with E-state index < -0.39 is 5.60 Å². The Morgan fingerprint density at radius 3 is 2.63 bits per heavy atom. The van der Waals surface area contributed by atoms with Crippen molar-refractivity contribution in [1.82, 2.24) is 0 Å². The Morgan fingerprint density at radius 2 is 2.00 bits per heavy atom. The van der Waals surface area contributed by atoms with Crippen molar-refractivity contribution >= 4 is 11.6 Å². The number of carbonyl (C=O) groups excluding carboxylic acids is 1. The summed E-state index contributed by atoms with van der Waals surface area (Å²) >= 11 is 0. The van der Waals surface area contributed by atoms with Crippen molar-refractivity contribution in [3.05, 3.63) is 29.8 Å². The van der Waals surface area contributed by atoms with Gasteiger partial charge < -0.3 is 10.0 Å². The van der Waals surface area contributed by atoms with Crippen LogP contribution in [0.2, 0.25) is 0 Å². The summed E-state index contributed by atoms with van der Waals surface area (Å²) in [6.07, 6.45) is 1.10. The third-order valence-corrected chi connectivity index (χ3v) is 3.58. The molecule has 104 valence electrons. The van der Waals surface area contributed by atoms with Crippen LogP contribution in [0.1, 0.15) is 46.1 Å². The Bertz CT molecular complexity index is 486. The number of hydrogen-bond acceptors (Lipinski definition) is 2. The molecule has 0 saturated carbocycles. The Hall–Kier alpha value is -1.35. The molecule has 1 atom stereocenters. The van der Waals surface area contributed by atoms with E-state index in [0.29, 0.717) is 19.4 Å². The highest BCUT2D eigenvalue weighted by molar-refractivity contribution is 5.95. The number of benzene rings is 1. The van der Waals surface area contributed by atoms with Crippen LogP contribution in [-0.4, -0.2) is 17.6 Å². The summed E-state index contributed by atoms with van der Waals surface area (Å²) in [5, 5.41) is 10.4. The van der Waals surface area contributed by atoms with E-state index in [4.69, 9.17) is 0 Å². The molecular weight excluding hydrogens is 238 g/mol. The van der Waals surface area contributed by atoms with Gasteiger partial charge in [-0.25, -0.2) is 0 Å². The third kappa shape index (κ3) is 2.98. The molecule has 1 heterocycles. The number of hydrogen-bond donors (Lipinski definition) is 1. The molecule has 0 saturated heterocycles. The van der Waals surface area contributed by atoms with Crippen LogP contribution in [0.4, 0.5) is 5.69 Å². The normalized spacial score (nSPS) is 23.1. The van der Waals surface area contributed by atoms with Crippen LogP contribution < -0.4 is 4.90 Å². The molecule has 0 spiro atoms. The van der Waals surface area contributed by atoms with Crippen molar-refractivity contribution in [2.45, 2.75) is 46.1 Å². The number of para-hydroxylation sites is 1. The van der Waals surface area contributed by atoms with Crippen LogP contribution in [0.3, 0.4) is 0 Å². The second-order valence-electron chi connectivity index (χ2n) is 6.82. The number of fused-ring (bicyclic) bond motifs is 1. The summed E-state index contributed by atoms with van der Waals surface area (Å²) in [6, 6.07) is 7.65. The van der Waals surface area contributed by atoms with Gasteiger partial charge in [-0.15, -0.1) is 0 Å². The van der Waals surface area contributed by atoms with Gasteiger partial charge in [0.15, 0.2) is 0 Å². The topological polar surface area (TPSA) is 40.5 Å². The molecule has 2 rings (SSSR count). The maximum Gasteiger partial charge on any atom is 0.227 e. The molecule has 1 N–H and O–H groups in total. The van der Waals surface area contributed by atoms with Gasteiger partial charge in [-0.3, -0.25) is 4.79 Å². The number of rotatable bonds is 1. The Balaban J connectivity index is 2.33. The highest BCUT2D eigenvalue weighted by Crippen LogP contribution is 2.38. The number of amides is 1. The molecule has 1 aromatic carbocycles. The van der Waals surface area contributed by atoms with Crippen LogP contribution in [0.5, 0.6) is 0 Å². The largest absolute Gasteiger partial charge is 0.385 e. The quantitative estimate of drug-likeness (QED) is 0.844. The molecule has 0 fully saturated rings. The lowest BCUT2D eigenvalue weighted by atomic mass is 9.85. The first-order chi connectivity index (χ1) is 8.71. The zero-order chi connectivity index (χ0) is 14.3. The summed E-state index contributed by atoms with van der Waals surface area (Å²) in [6.45, 7) is 8.60. The van der Waals surface area contributed by atoms with Crippen LogP contribution in [-0.2, 0) is 10.4 Å². The molecule has 1 aliphatic rings. The average molecular weight is 261 g/mol. The zero-order valence-electron chi connectivity index (χ0n) is 12.2. The van der Waals surface area contributed by atoms with Gasteiger partial charge in [0.05, 0.1) is 5.60 Å². The van der Waals surface area contributed by atoms with Gasteiger partial charge in [0.25, 0.3) is 0 Å². The van der Waals surface area contributed by atoms with Crippen molar-refractivity contribution in [1.29, 1.82) is 0 Å². The minimum atomic E-state index is -0.838. The number of anilines is 1. The lowest BCUT2D eigenvalue weighted by Gasteiger charge is -2.38. The van der Waals surface area contributed by atoms with E-state index in [1.165, 1.54) is 0 Å². The van der Waals surface area contributed by atoms with Crippen molar-refractivity contribution in [2.24, 2.45) is 5.41 Å². The van der Waals surface area contributed by atoms with E-state index in [-0.39, 0.29) is 11.3 Å². The van der Waals surface area contributed by atoms with Gasteiger partial charge in [0.1, 0.15) is 0 Å². The predicted molar refractivity (Wildman–Crippen MR) is 77.1 cm³/mol. The first-order valence-corrected chi connectivity index (χ1v) is 6.83. The molecule has 0 aromatic heterocycles. The standard InChI is InChI=1S/C16H23NO2/c1-15(2,3)11-14(18)17-10-9-16(4,19)12-7-5-6-8-13(12)17/h5-8,19H,9-11H2,1-4H3. The summed E-state index contributed by atoms with van der Waals surface area (Å²) in [5.74, 6) is 0.135. The third-order valence-electron chi connectivity index (χ3n) is 3.58.